The third kappa shape index (κ3) is 4.10. The molecule has 5 heteroatoms. The minimum absolute atomic E-state index is 0.0267. The Kier molecular flexibility index (Phi) is 5.62. The Morgan fingerprint density at radius 1 is 1.35 bits per heavy atom. The van der Waals surface area contributed by atoms with Crippen molar-refractivity contribution in [1.29, 1.82) is 5.26 Å². The molecule has 1 aromatic heterocycles. The fourth-order valence-corrected chi connectivity index (χ4v) is 3.02. The maximum Gasteiger partial charge on any atom is 0.157 e. The van der Waals surface area contributed by atoms with Crippen molar-refractivity contribution in [3.05, 3.63) is 30.1 Å². The van der Waals surface area contributed by atoms with Crippen molar-refractivity contribution in [2.24, 2.45) is 0 Å². The molecule has 5 nitrogen and oxygen atoms in total. The number of benzene rings is 1. The highest BCUT2D eigenvalue weighted by atomic mass is 16.7. The van der Waals surface area contributed by atoms with Crippen LogP contribution in [-0.4, -0.2) is 29.1 Å². The summed E-state index contributed by atoms with van der Waals surface area (Å²) in [6.45, 7) is 2.19. The predicted octanol–water partition coefficient (Wildman–Crippen LogP) is 3.43. The van der Waals surface area contributed by atoms with Gasteiger partial charge in [0.1, 0.15) is 5.82 Å². The summed E-state index contributed by atoms with van der Waals surface area (Å²) in [6.07, 6.45) is 5.57. The number of para-hydroxylation sites is 2. The van der Waals surface area contributed by atoms with Crippen LogP contribution in [0.25, 0.3) is 11.0 Å². The number of rotatable bonds is 7. The number of ether oxygens (including phenoxy) is 2. The highest BCUT2D eigenvalue weighted by Gasteiger charge is 2.14. The van der Waals surface area contributed by atoms with Crippen molar-refractivity contribution in [3.8, 4) is 6.07 Å². The molecule has 0 saturated carbocycles. The molecule has 1 aliphatic heterocycles. The third-order valence-corrected chi connectivity index (χ3v) is 4.17. The number of aromatic nitrogens is 2. The first-order chi connectivity index (χ1) is 11.4. The largest absolute Gasteiger partial charge is 0.353 e. The van der Waals surface area contributed by atoms with Gasteiger partial charge in [0.15, 0.2) is 6.29 Å². The van der Waals surface area contributed by atoms with E-state index in [9.17, 15) is 0 Å². The lowest BCUT2D eigenvalue weighted by molar-refractivity contribution is -0.162. The molecule has 1 aliphatic rings. The second-order valence-corrected chi connectivity index (χ2v) is 5.85. The first kappa shape index (κ1) is 16.0. The van der Waals surface area contributed by atoms with Crippen LogP contribution >= 0.6 is 0 Å². The average Bonchev–Trinajstić information content (AvgIpc) is 2.95. The van der Waals surface area contributed by atoms with E-state index in [4.69, 9.17) is 19.7 Å². The lowest BCUT2D eigenvalue weighted by Gasteiger charge is -2.22. The second kappa shape index (κ2) is 8.09. The van der Waals surface area contributed by atoms with E-state index in [1.165, 1.54) is 6.42 Å². The predicted molar refractivity (Wildman–Crippen MR) is 87.8 cm³/mol. The fourth-order valence-electron chi connectivity index (χ4n) is 3.02. The summed E-state index contributed by atoms with van der Waals surface area (Å²) in [6, 6.07) is 10.3. The van der Waals surface area contributed by atoms with Gasteiger partial charge in [-0.05, 0) is 37.8 Å². The van der Waals surface area contributed by atoms with E-state index in [1.807, 2.05) is 18.2 Å². The summed E-state index contributed by atoms with van der Waals surface area (Å²) in [5.41, 5.74) is 2.10. The van der Waals surface area contributed by atoms with Crippen molar-refractivity contribution in [2.45, 2.75) is 51.4 Å². The van der Waals surface area contributed by atoms with Crippen LogP contribution in [0.15, 0.2) is 24.3 Å². The molecule has 0 spiro atoms. The number of aryl methyl sites for hydroxylation is 2. The molecule has 1 atom stereocenters. The smallest absolute Gasteiger partial charge is 0.157 e. The molecule has 0 radical (unpaired) electrons. The molecule has 3 rings (SSSR count). The van der Waals surface area contributed by atoms with Crippen molar-refractivity contribution < 1.29 is 9.47 Å². The van der Waals surface area contributed by atoms with E-state index in [1.54, 1.807) is 0 Å². The zero-order valence-electron chi connectivity index (χ0n) is 13.4. The monoisotopic (exact) mass is 313 g/mol. The zero-order chi connectivity index (χ0) is 15.9. The lowest BCUT2D eigenvalue weighted by atomic mass is 10.2. The van der Waals surface area contributed by atoms with Gasteiger partial charge in [0, 0.05) is 19.6 Å². The van der Waals surface area contributed by atoms with Crippen LogP contribution in [0.1, 0.15) is 37.9 Å². The Hall–Kier alpha value is -1.90. The Morgan fingerprint density at radius 2 is 2.26 bits per heavy atom. The van der Waals surface area contributed by atoms with Crippen molar-refractivity contribution in [3.63, 3.8) is 0 Å². The summed E-state index contributed by atoms with van der Waals surface area (Å²) < 4.78 is 13.5. The van der Waals surface area contributed by atoms with Gasteiger partial charge in [0.25, 0.3) is 0 Å². The van der Waals surface area contributed by atoms with Crippen molar-refractivity contribution >= 4 is 11.0 Å². The number of hydrogen-bond donors (Lipinski definition) is 0. The molecule has 1 aromatic carbocycles. The molecule has 2 aromatic rings. The van der Waals surface area contributed by atoms with E-state index >= 15 is 0 Å². The molecular formula is C18H23N3O2. The van der Waals surface area contributed by atoms with Gasteiger partial charge in [0.2, 0.25) is 0 Å². The average molecular weight is 313 g/mol. The maximum absolute atomic E-state index is 8.87. The quantitative estimate of drug-likeness (QED) is 0.735. The Morgan fingerprint density at radius 3 is 3.09 bits per heavy atom. The van der Waals surface area contributed by atoms with E-state index < -0.39 is 0 Å². The highest BCUT2D eigenvalue weighted by molar-refractivity contribution is 5.75. The lowest BCUT2D eigenvalue weighted by Crippen LogP contribution is -2.22. The number of nitriles is 1. The van der Waals surface area contributed by atoms with E-state index in [-0.39, 0.29) is 6.29 Å². The molecule has 1 saturated heterocycles. The number of fused-ring (bicyclic) bond motifs is 1. The van der Waals surface area contributed by atoms with Gasteiger partial charge in [-0.15, -0.1) is 0 Å². The number of imidazole rings is 1. The van der Waals surface area contributed by atoms with Crippen LogP contribution in [0.4, 0.5) is 0 Å². The molecule has 1 fully saturated rings. The van der Waals surface area contributed by atoms with Gasteiger partial charge in [-0.2, -0.15) is 5.26 Å². The topological polar surface area (TPSA) is 60.1 Å². The molecule has 122 valence electrons. The standard InChI is InChI=1S/C18H23N3O2/c19-11-6-12-21-16-8-2-1-7-15(16)20-17(21)9-5-14-23-18-10-3-4-13-22-18/h1-2,7-8,18H,3-6,9-10,12-14H2. The second-order valence-electron chi connectivity index (χ2n) is 5.85. The summed E-state index contributed by atoms with van der Waals surface area (Å²) in [5.74, 6) is 1.04. The van der Waals surface area contributed by atoms with Crippen LogP contribution in [0.2, 0.25) is 0 Å². The molecule has 0 aliphatic carbocycles. The summed E-state index contributed by atoms with van der Waals surface area (Å²) in [5, 5.41) is 8.87. The van der Waals surface area contributed by atoms with Gasteiger partial charge < -0.3 is 14.0 Å². The summed E-state index contributed by atoms with van der Waals surface area (Å²) in [4.78, 5) is 4.72. The third-order valence-electron chi connectivity index (χ3n) is 4.17. The van der Waals surface area contributed by atoms with Gasteiger partial charge in [0.05, 0.1) is 30.1 Å². The Balaban J connectivity index is 1.59. The number of nitrogens with zero attached hydrogens (tertiary/aromatic N) is 3. The van der Waals surface area contributed by atoms with E-state index in [0.717, 1.165) is 49.1 Å². The fraction of sp³-hybridized carbons (Fsp3) is 0.556. The van der Waals surface area contributed by atoms with Crippen LogP contribution in [0.5, 0.6) is 0 Å². The van der Waals surface area contributed by atoms with Gasteiger partial charge in [-0.1, -0.05) is 12.1 Å². The van der Waals surface area contributed by atoms with E-state index in [2.05, 4.69) is 16.7 Å². The van der Waals surface area contributed by atoms with Crippen LogP contribution in [-0.2, 0) is 22.4 Å². The first-order valence-electron chi connectivity index (χ1n) is 8.43. The van der Waals surface area contributed by atoms with Gasteiger partial charge in [-0.3, -0.25) is 0 Å². The van der Waals surface area contributed by atoms with E-state index in [0.29, 0.717) is 19.6 Å². The summed E-state index contributed by atoms with van der Waals surface area (Å²) in [7, 11) is 0. The van der Waals surface area contributed by atoms with Crippen molar-refractivity contribution in [1.82, 2.24) is 9.55 Å². The zero-order valence-corrected chi connectivity index (χ0v) is 13.4. The number of hydrogen-bond acceptors (Lipinski definition) is 4. The van der Waals surface area contributed by atoms with Gasteiger partial charge >= 0.3 is 0 Å². The molecule has 1 unspecified atom stereocenters. The normalized spacial score (nSPS) is 18.1. The molecule has 0 N–H and O–H groups in total. The molecule has 0 bridgehead atoms. The Labute approximate surface area is 136 Å². The Bertz CT molecular complexity index is 668. The van der Waals surface area contributed by atoms with Crippen LogP contribution in [0, 0.1) is 11.3 Å². The highest BCUT2D eigenvalue weighted by Crippen LogP contribution is 2.18. The molecule has 23 heavy (non-hydrogen) atoms. The first-order valence-corrected chi connectivity index (χ1v) is 8.43. The molecule has 2 heterocycles. The van der Waals surface area contributed by atoms with Crippen LogP contribution in [0.3, 0.4) is 0 Å². The molecule has 0 amide bonds. The minimum Gasteiger partial charge on any atom is -0.353 e. The van der Waals surface area contributed by atoms with Crippen molar-refractivity contribution in [2.75, 3.05) is 13.2 Å². The minimum atomic E-state index is -0.0267. The van der Waals surface area contributed by atoms with Gasteiger partial charge in [-0.25, -0.2) is 4.98 Å². The van der Waals surface area contributed by atoms with Crippen LogP contribution < -0.4 is 0 Å². The summed E-state index contributed by atoms with van der Waals surface area (Å²) >= 11 is 0. The maximum atomic E-state index is 8.87. The SMILES string of the molecule is N#CCCn1c(CCCOC2CCCCO2)nc2ccccc21. The molecular weight excluding hydrogens is 290 g/mol.